The number of anilines is 1. The Kier molecular flexibility index (Phi) is 2.71. The average Bonchev–Trinajstić information content (AvgIpc) is 2.86. The lowest BCUT2D eigenvalue weighted by Crippen LogP contribution is -1.90. The number of rotatable bonds is 2. The van der Waals surface area contributed by atoms with E-state index in [1.165, 1.54) is 27.9 Å². The normalized spacial score (nSPS) is 13.0. The molecule has 1 N–H and O–H groups in total. The highest BCUT2D eigenvalue weighted by atomic mass is 16.5. The largest absolute Gasteiger partial charge is 0.496 e. The molecule has 2 aromatic carbocycles. The van der Waals surface area contributed by atoms with Crippen molar-refractivity contribution in [1.82, 2.24) is 0 Å². The van der Waals surface area contributed by atoms with Crippen molar-refractivity contribution in [3.63, 3.8) is 0 Å². The first-order valence-electron chi connectivity index (χ1n) is 6.30. The fourth-order valence-electron chi connectivity index (χ4n) is 2.66. The first-order chi connectivity index (χ1) is 8.79. The maximum atomic E-state index is 5.32. The molecular formula is C16H17NO. The summed E-state index contributed by atoms with van der Waals surface area (Å²) in [6.45, 7) is 3.13. The third kappa shape index (κ3) is 1.74. The van der Waals surface area contributed by atoms with E-state index in [2.05, 4.69) is 42.6 Å². The molecule has 3 rings (SSSR count). The second-order valence-electron chi connectivity index (χ2n) is 4.69. The number of ether oxygens (including phenoxy) is 1. The lowest BCUT2D eigenvalue weighted by atomic mass is 9.96. The average molecular weight is 239 g/mol. The predicted octanol–water partition coefficient (Wildman–Crippen LogP) is 3.64. The van der Waals surface area contributed by atoms with Crippen molar-refractivity contribution in [3.8, 4) is 16.9 Å². The molecule has 0 aromatic heterocycles. The molecule has 0 atom stereocenters. The van der Waals surface area contributed by atoms with E-state index in [1.54, 1.807) is 7.11 Å². The van der Waals surface area contributed by atoms with Gasteiger partial charge in [0.05, 0.1) is 7.11 Å². The predicted molar refractivity (Wildman–Crippen MR) is 75.4 cm³/mol. The van der Waals surface area contributed by atoms with Gasteiger partial charge in [-0.2, -0.15) is 0 Å². The van der Waals surface area contributed by atoms with Crippen LogP contribution in [0.2, 0.25) is 0 Å². The van der Waals surface area contributed by atoms with Crippen molar-refractivity contribution in [2.75, 3.05) is 19.0 Å². The molecule has 92 valence electrons. The lowest BCUT2D eigenvalue weighted by Gasteiger charge is -2.11. The van der Waals surface area contributed by atoms with Gasteiger partial charge in [-0.3, -0.25) is 0 Å². The highest BCUT2D eigenvalue weighted by molar-refractivity contribution is 5.76. The number of aryl methyl sites for hydroxylation is 1. The van der Waals surface area contributed by atoms with Gasteiger partial charge in [0, 0.05) is 12.2 Å². The number of hydrogen-bond donors (Lipinski definition) is 1. The van der Waals surface area contributed by atoms with Gasteiger partial charge in [-0.1, -0.05) is 18.2 Å². The van der Waals surface area contributed by atoms with Crippen molar-refractivity contribution >= 4 is 5.69 Å². The SMILES string of the molecule is COc1ccc(-c2cccc3c2CCN3)cc1C. The van der Waals surface area contributed by atoms with Gasteiger partial charge in [-0.15, -0.1) is 0 Å². The van der Waals surface area contributed by atoms with Crippen molar-refractivity contribution in [1.29, 1.82) is 0 Å². The fourth-order valence-corrected chi connectivity index (χ4v) is 2.66. The van der Waals surface area contributed by atoms with Crippen LogP contribution < -0.4 is 10.1 Å². The third-order valence-corrected chi connectivity index (χ3v) is 3.57. The van der Waals surface area contributed by atoms with Gasteiger partial charge in [0.25, 0.3) is 0 Å². The second kappa shape index (κ2) is 4.37. The van der Waals surface area contributed by atoms with E-state index in [-0.39, 0.29) is 0 Å². The molecule has 0 fully saturated rings. The van der Waals surface area contributed by atoms with E-state index in [4.69, 9.17) is 4.74 Å². The molecule has 0 saturated heterocycles. The zero-order valence-corrected chi connectivity index (χ0v) is 10.8. The Hall–Kier alpha value is -1.96. The van der Waals surface area contributed by atoms with Gasteiger partial charge in [-0.05, 0) is 53.8 Å². The minimum absolute atomic E-state index is 0.949. The molecule has 0 spiro atoms. The summed E-state index contributed by atoms with van der Waals surface area (Å²) < 4.78 is 5.32. The minimum Gasteiger partial charge on any atom is -0.496 e. The minimum atomic E-state index is 0.949. The summed E-state index contributed by atoms with van der Waals surface area (Å²) in [5.41, 5.74) is 6.50. The summed E-state index contributed by atoms with van der Waals surface area (Å²) in [4.78, 5) is 0. The zero-order chi connectivity index (χ0) is 12.5. The third-order valence-electron chi connectivity index (χ3n) is 3.57. The summed E-state index contributed by atoms with van der Waals surface area (Å²) in [6, 6.07) is 12.9. The molecule has 0 aliphatic carbocycles. The number of fused-ring (bicyclic) bond motifs is 1. The zero-order valence-electron chi connectivity index (χ0n) is 10.8. The first kappa shape index (κ1) is 11.1. The first-order valence-corrected chi connectivity index (χ1v) is 6.30. The Morgan fingerprint density at radius 1 is 1.17 bits per heavy atom. The maximum absolute atomic E-state index is 5.32. The molecule has 0 bridgehead atoms. The molecule has 2 heteroatoms. The van der Waals surface area contributed by atoms with Crippen LogP contribution in [0.3, 0.4) is 0 Å². The van der Waals surface area contributed by atoms with E-state index in [1.807, 2.05) is 6.07 Å². The van der Waals surface area contributed by atoms with Gasteiger partial charge in [0.2, 0.25) is 0 Å². The summed E-state index contributed by atoms with van der Waals surface area (Å²) >= 11 is 0. The van der Waals surface area contributed by atoms with Gasteiger partial charge < -0.3 is 10.1 Å². The van der Waals surface area contributed by atoms with Crippen LogP contribution in [0.1, 0.15) is 11.1 Å². The molecule has 1 aliphatic heterocycles. The Balaban J connectivity index is 2.10. The molecule has 0 amide bonds. The van der Waals surface area contributed by atoms with Crippen LogP contribution >= 0.6 is 0 Å². The van der Waals surface area contributed by atoms with E-state index in [9.17, 15) is 0 Å². The van der Waals surface area contributed by atoms with E-state index in [0.717, 1.165) is 18.7 Å². The Morgan fingerprint density at radius 2 is 2.06 bits per heavy atom. The molecule has 0 radical (unpaired) electrons. The quantitative estimate of drug-likeness (QED) is 0.864. The van der Waals surface area contributed by atoms with Crippen LogP contribution in [0.4, 0.5) is 5.69 Å². The van der Waals surface area contributed by atoms with E-state index < -0.39 is 0 Å². The molecular weight excluding hydrogens is 222 g/mol. The summed E-state index contributed by atoms with van der Waals surface area (Å²) in [7, 11) is 1.71. The topological polar surface area (TPSA) is 21.3 Å². The van der Waals surface area contributed by atoms with Crippen LogP contribution in [0.15, 0.2) is 36.4 Å². The van der Waals surface area contributed by atoms with Crippen LogP contribution in [-0.4, -0.2) is 13.7 Å². The van der Waals surface area contributed by atoms with Crippen molar-refractivity contribution in [3.05, 3.63) is 47.5 Å². The number of hydrogen-bond acceptors (Lipinski definition) is 2. The summed E-state index contributed by atoms with van der Waals surface area (Å²) in [5, 5.41) is 3.42. The lowest BCUT2D eigenvalue weighted by molar-refractivity contribution is 0.412. The van der Waals surface area contributed by atoms with Crippen molar-refractivity contribution in [2.24, 2.45) is 0 Å². The van der Waals surface area contributed by atoms with Gasteiger partial charge >= 0.3 is 0 Å². The Bertz CT molecular complexity index is 590. The van der Waals surface area contributed by atoms with Crippen LogP contribution in [0.25, 0.3) is 11.1 Å². The molecule has 18 heavy (non-hydrogen) atoms. The Labute approximate surface area is 108 Å². The molecule has 0 saturated carbocycles. The Morgan fingerprint density at radius 3 is 2.83 bits per heavy atom. The second-order valence-corrected chi connectivity index (χ2v) is 4.69. The number of methoxy groups -OCH3 is 1. The van der Waals surface area contributed by atoms with Crippen molar-refractivity contribution < 1.29 is 4.74 Å². The molecule has 2 nitrogen and oxygen atoms in total. The van der Waals surface area contributed by atoms with Crippen LogP contribution in [0.5, 0.6) is 5.75 Å². The fraction of sp³-hybridized carbons (Fsp3) is 0.250. The standard InChI is InChI=1S/C16H17NO/c1-11-10-12(6-7-16(11)18-2)13-4-3-5-15-14(13)8-9-17-15/h3-7,10,17H,8-9H2,1-2H3. The van der Waals surface area contributed by atoms with E-state index >= 15 is 0 Å². The number of nitrogens with one attached hydrogen (secondary N) is 1. The van der Waals surface area contributed by atoms with Gasteiger partial charge in [0.1, 0.15) is 5.75 Å². The smallest absolute Gasteiger partial charge is 0.121 e. The molecule has 2 aromatic rings. The van der Waals surface area contributed by atoms with Gasteiger partial charge in [-0.25, -0.2) is 0 Å². The molecule has 1 aliphatic rings. The highest BCUT2D eigenvalue weighted by Gasteiger charge is 2.15. The van der Waals surface area contributed by atoms with Crippen molar-refractivity contribution in [2.45, 2.75) is 13.3 Å². The van der Waals surface area contributed by atoms with E-state index in [0.29, 0.717) is 0 Å². The molecule has 0 unspecified atom stereocenters. The monoisotopic (exact) mass is 239 g/mol. The number of benzene rings is 2. The highest BCUT2D eigenvalue weighted by Crippen LogP contribution is 2.34. The van der Waals surface area contributed by atoms with Gasteiger partial charge in [0.15, 0.2) is 0 Å². The summed E-state index contributed by atoms with van der Waals surface area (Å²) in [6.07, 6.45) is 1.11. The van der Waals surface area contributed by atoms with Crippen LogP contribution in [0, 0.1) is 6.92 Å². The summed E-state index contributed by atoms with van der Waals surface area (Å²) in [5.74, 6) is 0.949. The van der Waals surface area contributed by atoms with Crippen LogP contribution in [-0.2, 0) is 6.42 Å². The molecule has 1 heterocycles. The maximum Gasteiger partial charge on any atom is 0.121 e.